The van der Waals surface area contributed by atoms with Gasteiger partial charge in [0.15, 0.2) is 11.6 Å². The average Bonchev–Trinajstić information content (AvgIpc) is 2.41. The Morgan fingerprint density at radius 3 is 2.58 bits per heavy atom. The van der Waals surface area contributed by atoms with Crippen molar-refractivity contribution >= 4 is 0 Å². The second-order valence-electron chi connectivity index (χ2n) is 4.51. The minimum atomic E-state index is -0.388. The summed E-state index contributed by atoms with van der Waals surface area (Å²) in [5.41, 5.74) is 7.58. The summed E-state index contributed by atoms with van der Waals surface area (Å²) in [5.74, 6) is 0.510. The lowest BCUT2D eigenvalue weighted by molar-refractivity contribution is 0.429. The Balaban J connectivity index is 2.43. The number of rotatable bonds is 4. The highest BCUT2D eigenvalue weighted by Crippen LogP contribution is 2.33. The highest BCUT2D eigenvalue weighted by atomic mass is 19.1. The highest BCUT2D eigenvalue weighted by molar-refractivity contribution is 5.43. The van der Waals surface area contributed by atoms with Crippen LogP contribution in [-0.4, -0.2) is 0 Å². The van der Waals surface area contributed by atoms with E-state index in [0.717, 1.165) is 12.0 Å². The molecular weight excluding hydrogens is 241 g/mol. The molecule has 0 saturated carbocycles. The standard InChI is InChI=1S/C16H18FNO/c1-3-12-7-4-5-10-15(12)19-16-13(11(2)18)8-6-9-14(16)17/h4-11H,3,18H2,1-2H3/t11-/m1/s1. The van der Waals surface area contributed by atoms with Crippen LogP contribution in [0.5, 0.6) is 11.5 Å². The van der Waals surface area contributed by atoms with Crippen LogP contribution < -0.4 is 10.5 Å². The lowest BCUT2D eigenvalue weighted by Crippen LogP contribution is -2.08. The van der Waals surface area contributed by atoms with Crippen molar-refractivity contribution in [1.29, 1.82) is 0 Å². The van der Waals surface area contributed by atoms with E-state index in [9.17, 15) is 4.39 Å². The maximum Gasteiger partial charge on any atom is 0.167 e. The SMILES string of the molecule is CCc1ccccc1Oc1c(F)cccc1[C@@H](C)N. The molecule has 0 unspecified atom stereocenters. The van der Waals surface area contributed by atoms with Crippen LogP contribution in [0.4, 0.5) is 4.39 Å². The summed E-state index contributed by atoms with van der Waals surface area (Å²) in [6.07, 6.45) is 0.831. The number of hydrogen-bond acceptors (Lipinski definition) is 2. The largest absolute Gasteiger partial charge is 0.454 e. The van der Waals surface area contributed by atoms with Crippen LogP contribution in [0.3, 0.4) is 0 Å². The van der Waals surface area contributed by atoms with E-state index in [1.54, 1.807) is 12.1 Å². The zero-order valence-corrected chi connectivity index (χ0v) is 11.2. The molecule has 0 aliphatic carbocycles. The number of hydrogen-bond donors (Lipinski definition) is 1. The third-order valence-electron chi connectivity index (χ3n) is 3.05. The molecule has 100 valence electrons. The van der Waals surface area contributed by atoms with Gasteiger partial charge in [0, 0.05) is 11.6 Å². The summed E-state index contributed by atoms with van der Waals surface area (Å²) in [4.78, 5) is 0. The molecule has 0 aliphatic rings. The molecule has 0 amide bonds. The van der Waals surface area contributed by atoms with Gasteiger partial charge < -0.3 is 10.5 Å². The van der Waals surface area contributed by atoms with Gasteiger partial charge in [0.25, 0.3) is 0 Å². The van der Waals surface area contributed by atoms with Crippen LogP contribution in [0, 0.1) is 5.82 Å². The van der Waals surface area contributed by atoms with Crippen molar-refractivity contribution in [2.45, 2.75) is 26.3 Å². The Morgan fingerprint density at radius 2 is 1.89 bits per heavy atom. The van der Waals surface area contributed by atoms with Gasteiger partial charge in [-0.25, -0.2) is 4.39 Å². The van der Waals surface area contributed by atoms with E-state index in [4.69, 9.17) is 10.5 Å². The second-order valence-corrected chi connectivity index (χ2v) is 4.51. The van der Waals surface area contributed by atoms with Gasteiger partial charge in [-0.15, -0.1) is 0 Å². The van der Waals surface area contributed by atoms with E-state index in [0.29, 0.717) is 11.3 Å². The van der Waals surface area contributed by atoms with Gasteiger partial charge >= 0.3 is 0 Å². The Hall–Kier alpha value is -1.87. The molecule has 0 bridgehead atoms. The summed E-state index contributed by atoms with van der Waals surface area (Å²) >= 11 is 0. The Kier molecular flexibility index (Phi) is 4.17. The fourth-order valence-corrected chi connectivity index (χ4v) is 2.00. The van der Waals surface area contributed by atoms with E-state index in [2.05, 4.69) is 0 Å². The number of para-hydroxylation sites is 2. The number of ether oxygens (including phenoxy) is 1. The molecule has 1 atom stereocenters. The third-order valence-corrected chi connectivity index (χ3v) is 3.05. The Morgan fingerprint density at radius 1 is 1.16 bits per heavy atom. The van der Waals surface area contributed by atoms with Gasteiger partial charge in [-0.2, -0.15) is 0 Å². The molecule has 0 radical (unpaired) electrons. The van der Waals surface area contributed by atoms with Gasteiger partial charge in [0.1, 0.15) is 5.75 Å². The molecule has 19 heavy (non-hydrogen) atoms. The molecule has 0 fully saturated rings. The summed E-state index contributed by atoms with van der Waals surface area (Å²) in [7, 11) is 0. The molecule has 0 aromatic heterocycles. The number of benzene rings is 2. The van der Waals surface area contributed by atoms with Gasteiger partial charge in [-0.1, -0.05) is 37.3 Å². The van der Waals surface area contributed by atoms with Gasteiger partial charge in [-0.3, -0.25) is 0 Å². The first-order valence-corrected chi connectivity index (χ1v) is 6.43. The van der Waals surface area contributed by atoms with Crippen molar-refractivity contribution in [1.82, 2.24) is 0 Å². The van der Waals surface area contributed by atoms with E-state index in [1.807, 2.05) is 38.1 Å². The van der Waals surface area contributed by atoms with Gasteiger partial charge in [0.2, 0.25) is 0 Å². The second kappa shape index (κ2) is 5.85. The molecule has 3 heteroatoms. The monoisotopic (exact) mass is 259 g/mol. The fourth-order valence-electron chi connectivity index (χ4n) is 2.00. The molecule has 2 aromatic rings. The minimum absolute atomic E-state index is 0.221. The summed E-state index contributed by atoms with van der Waals surface area (Å²) in [5, 5.41) is 0. The van der Waals surface area contributed by atoms with Gasteiger partial charge in [0.05, 0.1) is 0 Å². The van der Waals surface area contributed by atoms with Crippen LogP contribution in [-0.2, 0) is 6.42 Å². The van der Waals surface area contributed by atoms with Crippen LogP contribution in [0.2, 0.25) is 0 Å². The summed E-state index contributed by atoms with van der Waals surface area (Å²) < 4.78 is 19.7. The average molecular weight is 259 g/mol. The first kappa shape index (κ1) is 13.6. The molecule has 2 aromatic carbocycles. The molecule has 0 aliphatic heterocycles. The van der Waals surface area contributed by atoms with E-state index >= 15 is 0 Å². The smallest absolute Gasteiger partial charge is 0.167 e. The van der Waals surface area contributed by atoms with Crippen LogP contribution >= 0.6 is 0 Å². The van der Waals surface area contributed by atoms with Crippen LogP contribution in [0.25, 0.3) is 0 Å². The number of halogens is 1. The normalized spacial score (nSPS) is 12.2. The molecular formula is C16H18FNO. The molecule has 0 saturated heterocycles. The van der Waals surface area contributed by atoms with Crippen molar-refractivity contribution < 1.29 is 9.13 Å². The number of nitrogens with two attached hydrogens (primary N) is 1. The first-order chi connectivity index (χ1) is 9.13. The first-order valence-electron chi connectivity index (χ1n) is 6.43. The van der Waals surface area contributed by atoms with Crippen molar-refractivity contribution in [3.05, 3.63) is 59.4 Å². The molecule has 0 spiro atoms. The predicted molar refractivity (Wildman–Crippen MR) is 74.9 cm³/mol. The van der Waals surface area contributed by atoms with Crippen LogP contribution in [0.15, 0.2) is 42.5 Å². The zero-order chi connectivity index (χ0) is 13.8. The van der Waals surface area contributed by atoms with Gasteiger partial charge in [-0.05, 0) is 31.0 Å². The topological polar surface area (TPSA) is 35.2 Å². The zero-order valence-electron chi connectivity index (χ0n) is 11.2. The third kappa shape index (κ3) is 2.93. The molecule has 2 N–H and O–H groups in total. The molecule has 2 rings (SSSR count). The number of aryl methyl sites for hydroxylation is 1. The lowest BCUT2D eigenvalue weighted by atomic mass is 10.1. The molecule has 2 nitrogen and oxygen atoms in total. The Bertz CT molecular complexity index is 566. The fraction of sp³-hybridized carbons (Fsp3) is 0.250. The quantitative estimate of drug-likeness (QED) is 0.893. The van der Waals surface area contributed by atoms with E-state index in [-0.39, 0.29) is 17.6 Å². The van der Waals surface area contributed by atoms with Crippen molar-refractivity contribution in [2.24, 2.45) is 5.73 Å². The molecule has 0 heterocycles. The van der Waals surface area contributed by atoms with Crippen LogP contribution in [0.1, 0.15) is 31.0 Å². The minimum Gasteiger partial charge on any atom is -0.454 e. The lowest BCUT2D eigenvalue weighted by Gasteiger charge is -2.16. The predicted octanol–water partition coefficient (Wildman–Crippen LogP) is 4.20. The van der Waals surface area contributed by atoms with Crippen molar-refractivity contribution in [2.75, 3.05) is 0 Å². The summed E-state index contributed by atoms with van der Waals surface area (Å²) in [6, 6.07) is 12.2. The summed E-state index contributed by atoms with van der Waals surface area (Å²) in [6.45, 7) is 3.85. The van der Waals surface area contributed by atoms with E-state index < -0.39 is 0 Å². The Labute approximate surface area is 113 Å². The maximum atomic E-state index is 14.0. The highest BCUT2D eigenvalue weighted by Gasteiger charge is 2.14. The van der Waals surface area contributed by atoms with Crippen molar-refractivity contribution in [3.63, 3.8) is 0 Å². The van der Waals surface area contributed by atoms with Crippen molar-refractivity contribution in [3.8, 4) is 11.5 Å². The maximum absolute atomic E-state index is 14.0. The van der Waals surface area contributed by atoms with E-state index in [1.165, 1.54) is 6.07 Å².